The molecule has 0 saturated carbocycles. The van der Waals surface area contributed by atoms with Gasteiger partial charge in [-0.3, -0.25) is 14.9 Å². The lowest BCUT2D eigenvalue weighted by molar-refractivity contribution is -0.123. The Kier molecular flexibility index (Phi) is 6.60. The number of amides is 1. The minimum absolute atomic E-state index is 0.0766. The summed E-state index contributed by atoms with van der Waals surface area (Å²) in [5, 5.41) is 19.5. The molecule has 0 aliphatic rings. The molecule has 0 aliphatic heterocycles. The van der Waals surface area contributed by atoms with Crippen molar-refractivity contribution in [2.24, 2.45) is 0 Å². The van der Waals surface area contributed by atoms with Gasteiger partial charge in [-0.2, -0.15) is 0 Å². The van der Waals surface area contributed by atoms with Gasteiger partial charge in [-0.25, -0.2) is 5.48 Å². The van der Waals surface area contributed by atoms with E-state index in [0.717, 1.165) is 24.0 Å². The van der Waals surface area contributed by atoms with Crippen LogP contribution in [0.1, 0.15) is 16.7 Å². The molecule has 0 atom stereocenters. The zero-order chi connectivity index (χ0) is 19.9. The Balaban J connectivity index is 1.69. The number of hydroxylamine groups is 1. The maximum atomic E-state index is 11.6. The molecule has 1 heterocycles. The van der Waals surface area contributed by atoms with Gasteiger partial charge in [0.15, 0.2) is 0 Å². The molecule has 0 radical (unpaired) electrons. The summed E-state index contributed by atoms with van der Waals surface area (Å²) in [5.41, 5.74) is 5.86. The summed E-state index contributed by atoms with van der Waals surface area (Å²) in [5.74, 6) is -0.622. The molecular formula is C22H25N3O3. The predicted molar refractivity (Wildman–Crippen MR) is 110 cm³/mol. The molecule has 1 aromatic heterocycles. The van der Waals surface area contributed by atoms with E-state index in [2.05, 4.69) is 28.6 Å². The van der Waals surface area contributed by atoms with Crippen molar-refractivity contribution in [3.8, 4) is 0 Å². The van der Waals surface area contributed by atoms with Gasteiger partial charge in [0, 0.05) is 42.3 Å². The van der Waals surface area contributed by atoms with Crippen LogP contribution in [0, 0.1) is 0 Å². The van der Waals surface area contributed by atoms with E-state index in [-0.39, 0.29) is 12.2 Å². The number of carbonyl (C=O) groups excluding carboxylic acids is 1. The van der Waals surface area contributed by atoms with Crippen molar-refractivity contribution < 1.29 is 15.1 Å². The first-order valence-corrected chi connectivity index (χ1v) is 9.23. The number of fused-ring (bicyclic) bond motifs is 1. The van der Waals surface area contributed by atoms with Crippen molar-refractivity contribution in [3.05, 3.63) is 78.0 Å². The van der Waals surface area contributed by atoms with Crippen LogP contribution in [0.4, 0.5) is 0 Å². The molecule has 6 heteroatoms. The first-order valence-electron chi connectivity index (χ1n) is 9.23. The van der Waals surface area contributed by atoms with Gasteiger partial charge in [0.05, 0.1) is 6.61 Å². The molecule has 0 unspecified atom stereocenters. The molecule has 0 bridgehead atoms. The smallest absolute Gasteiger partial charge is 0.274 e. The highest BCUT2D eigenvalue weighted by molar-refractivity contribution is 6.18. The Morgan fingerprint density at radius 3 is 2.75 bits per heavy atom. The highest BCUT2D eigenvalue weighted by Gasteiger charge is 2.12. The number of hydrogen-bond acceptors (Lipinski definition) is 4. The van der Waals surface area contributed by atoms with Crippen molar-refractivity contribution in [3.63, 3.8) is 0 Å². The second-order valence-electron chi connectivity index (χ2n) is 6.73. The monoisotopic (exact) mass is 379 g/mol. The molecule has 1 amide bonds. The number of nitrogens with zero attached hydrogens (tertiary/aromatic N) is 1. The van der Waals surface area contributed by atoms with Gasteiger partial charge in [-0.15, -0.1) is 0 Å². The number of benzene rings is 2. The third-order valence-corrected chi connectivity index (χ3v) is 4.85. The SMILES string of the molecule is C=C(C(=O)NO)c1cccc(CN(CCO)CCc2c[nH]c3ccccc23)c1. The third kappa shape index (κ3) is 4.67. The normalized spacial score (nSPS) is 11.1. The number of aliphatic hydroxyl groups excluding tert-OH is 1. The standard InChI is InChI=1S/C22H25N3O3/c1-16(22(27)24-28)18-6-4-5-17(13-18)15-25(11-12-26)10-9-19-14-23-21-8-3-2-7-20(19)21/h2-8,13-14,23,26,28H,1,9-12,15H2,(H,24,27). The van der Waals surface area contributed by atoms with E-state index in [0.29, 0.717) is 18.7 Å². The van der Waals surface area contributed by atoms with Gasteiger partial charge in [-0.05, 0) is 35.2 Å². The number of aromatic nitrogens is 1. The average Bonchev–Trinajstić information content (AvgIpc) is 3.14. The van der Waals surface area contributed by atoms with Gasteiger partial charge in [0.1, 0.15) is 0 Å². The number of aromatic amines is 1. The summed E-state index contributed by atoms with van der Waals surface area (Å²) in [6.07, 6.45) is 2.91. The van der Waals surface area contributed by atoms with E-state index in [9.17, 15) is 9.90 Å². The maximum absolute atomic E-state index is 11.6. The molecule has 0 aliphatic carbocycles. The molecule has 0 saturated heterocycles. The van der Waals surface area contributed by atoms with Crippen LogP contribution in [-0.4, -0.2) is 45.8 Å². The van der Waals surface area contributed by atoms with Gasteiger partial charge in [0.2, 0.25) is 0 Å². The second-order valence-corrected chi connectivity index (χ2v) is 6.73. The summed E-state index contributed by atoms with van der Waals surface area (Å²) in [7, 11) is 0. The zero-order valence-corrected chi connectivity index (χ0v) is 15.7. The molecule has 0 spiro atoms. The quantitative estimate of drug-likeness (QED) is 0.261. The number of carbonyl (C=O) groups is 1. The number of para-hydroxylation sites is 1. The van der Waals surface area contributed by atoms with Crippen LogP contribution in [0.5, 0.6) is 0 Å². The van der Waals surface area contributed by atoms with E-state index < -0.39 is 5.91 Å². The molecule has 28 heavy (non-hydrogen) atoms. The minimum Gasteiger partial charge on any atom is -0.395 e. The van der Waals surface area contributed by atoms with Crippen LogP contribution in [0.15, 0.2) is 61.3 Å². The fourth-order valence-corrected chi connectivity index (χ4v) is 3.34. The van der Waals surface area contributed by atoms with Crippen molar-refractivity contribution in [1.29, 1.82) is 0 Å². The number of H-pyrrole nitrogens is 1. The summed E-state index contributed by atoms with van der Waals surface area (Å²) < 4.78 is 0. The molecule has 4 N–H and O–H groups in total. The van der Waals surface area contributed by atoms with Gasteiger partial charge >= 0.3 is 0 Å². The second kappa shape index (κ2) is 9.32. The molecule has 0 fully saturated rings. The van der Waals surface area contributed by atoms with Crippen LogP contribution in [-0.2, 0) is 17.8 Å². The fraction of sp³-hybridized carbons (Fsp3) is 0.227. The minimum atomic E-state index is -0.622. The van der Waals surface area contributed by atoms with E-state index in [1.807, 2.05) is 36.5 Å². The fourth-order valence-electron chi connectivity index (χ4n) is 3.34. The van der Waals surface area contributed by atoms with Crippen LogP contribution in [0.3, 0.4) is 0 Å². The Morgan fingerprint density at radius 2 is 1.96 bits per heavy atom. The largest absolute Gasteiger partial charge is 0.395 e. The lowest BCUT2D eigenvalue weighted by atomic mass is 10.0. The lowest BCUT2D eigenvalue weighted by Gasteiger charge is -2.21. The van der Waals surface area contributed by atoms with Crippen molar-refractivity contribution in [2.75, 3.05) is 19.7 Å². The molecule has 2 aromatic carbocycles. The first-order chi connectivity index (χ1) is 13.6. The molecule has 3 rings (SSSR count). The van der Waals surface area contributed by atoms with E-state index in [1.54, 1.807) is 11.5 Å². The molecular weight excluding hydrogens is 354 g/mol. The summed E-state index contributed by atoms with van der Waals surface area (Å²) in [6.45, 7) is 5.80. The maximum Gasteiger partial charge on any atom is 0.274 e. The van der Waals surface area contributed by atoms with Crippen molar-refractivity contribution in [1.82, 2.24) is 15.4 Å². The molecule has 146 valence electrons. The predicted octanol–water partition coefficient (Wildman–Crippen LogP) is 2.72. The topological polar surface area (TPSA) is 88.6 Å². The summed E-state index contributed by atoms with van der Waals surface area (Å²) in [4.78, 5) is 17.1. The highest BCUT2D eigenvalue weighted by atomic mass is 16.5. The Bertz CT molecular complexity index is 964. The number of nitrogens with one attached hydrogen (secondary N) is 2. The summed E-state index contributed by atoms with van der Waals surface area (Å²) in [6, 6.07) is 15.7. The highest BCUT2D eigenvalue weighted by Crippen LogP contribution is 2.19. The zero-order valence-electron chi connectivity index (χ0n) is 15.7. The van der Waals surface area contributed by atoms with Gasteiger partial charge in [-0.1, -0.05) is 43.0 Å². The molecule has 6 nitrogen and oxygen atoms in total. The third-order valence-electron chi connectivity index (χ3n) is 4.85. The Labute approximate surface area is 164 Å². The number of aliphatic hydroxyl groups is 1. The summed E-state index contributed by atoms with van der Waals surface area (Å²) >= 11 is 0. The first kappa shape index (κ1) is 19.8. The van der Waals surface area contributed by atoms with Crippen molar-refractivity contribution >= 4 is 22.4 Å². The number of rotatable bonds is 9. The lowest BCUT2D eigenvalue weighted by Crippen LogP contribution is -2.28. The van der Waals surface area contributed by atoms with Crippen LogP contribution < -0.4 is 5.48 Å². The van der Waals surface area contributed by atoms with Crippen molar-refractivity contribution in [2.45, 2.75) is 13.0 Å². The average molecular weight is 379 g/mol. The van der Waals surface area contributed by atoms with E-state index in [1.165, 1.54) is 10.9 Å². The Hall–Kier alpha value is -2.93. The van der Waals surface area contributed by atoms with Gasteiger partial charge in [0.25, 0.3) is 5.91 Å². The van der Waals surface area contributed by atoms with Crippen LogP contribution in [0.25, 0.3) is 16.5 Å². The van der Waals surface area contributed by atoms with Crippen LogP contribution in [0.2, 0.25) is 0 Å². The van der Waals surface area contributed by atoms with Gasteiger partial charge < -0.3 is 10.1 Å². The van der Waals surface area contributed by atoms with E-state index in [4.69, 9.17) is 5.21 Å². The Morgan fingerprint density at radius 1 is 1.14 bits per heavy atom. The van der Waals surface area contributed by atoms with E-state index >= 15 is 0 Å². The number of hydrogen-bond donors (Lipinski definition) is 4. The van der Waals surface area contributed by atoms with Crippen LogP contribution >= 0.6 is 0 Å². The molecule has 3 aromatic rings.